The number of hydrogen-bond acceptors (Lipinski definition) is 3. The first-order chi connectivity index (χ1) is 14.3. The molecule has 1 aliphatic heterocycles. The summed E-state index contributed by atoms with van der Waals surface area (Å²) in [6.45, 7) is 3.04. The van der Waals surface area contributed by atoms with Crippen LogP contribution in [0.25, 0.3) is 0 Å². The molecule has 0 spiro atoms. The molecule has 0 bridgehead atoms. The lowest BCUT2D eigenvalue weighted by molar-refractivity contribution is -0.102. The molecule has 2 N–H and O–H groups in total. The van der Waals surface area contributed by atoms with Gasteiger partial charge in [-0.1, -0.05) is 103 Å². The SMILES string of the molecule is CCCCCCCCCCCCCCCCCC(O)(c1ncc[nH]1)C1CCCO1. The van der Waals surface area contributed by atoms with Crippen LogP contribution in [0.2, 0.25) is 0 Å². The Morgan fingerprint density at radius 1 is 0.931 bits per heavy atom. The first-order valence-electron chi connectivity index (χ1n) is 12.6. The van der Waals surface area contributed by atoms with Gasteiger partial charge >= 0.3 is 0 Å². The summed E-state index contributed by atoms with van der Waals surface area (Å²) in [6, 6.07) is 0. The van der Waals surface area contributed by atoms with E-state index in [1.807, 2.05) is 0 Å². The maximum atomic E-state index is 11.3. The van der Waals surface area contributed by atoms with Crippen LogP contribution >= 0.6 is 0 Å². The van der Waals surface area contributed by atoms with Gasteiger partial charge in [-0.2, -0.15) is 0 Å². The number of unbranched alkanes of at least 4 members (excludes halogenated alkanes) is 14. The van der Waals surface area contributed by atoms with Crippen molar-refractivity contribution < 1.29 is 9.84 Å². The molecule has 0 aromatic carbocycles. The molecule has 1 saturated heterocycles. The fourth-order valence-electron chi connectivity index (χ4n) is 4.65. The number of H-pyrrole nitrogens is 1. The van der Waals surface area contributed by atoms with Crippen molar-refractivity contribution in [1.82, 2.24) is 9.97 Å². The number of aromatic nitrogens is 2. The van der Waals surface area contributed by atoms with Crippen LogP contribution in [-0.4, -0.2) is 27.8 Å². The molecular formula is C25H46N2O2. The minimum absolute atomic E-state index is 0.111. The highest BCUT2D eigenvalue weighted by Gasteiger charge is 2.42. The summed E-state index contributed by atoms with van der Waals surface area (Å²) in [4.78, 5) is 7.45. The standard InChI is InChI=1S/C25H46N2O2/c1-2-3-4-5-6-7-8-9-10-11-12-13-14-15-16-19-25(28,23-18-17-22-29-23)24-26-20-21-27-24/h20-21,23,28H,2-19,22H2,1H3,(H,26,27). The third-order valence-corrected chi connectivity index (χ3v) is 6.53. The summed E-state index contributed by atoms with van der Waals surface area (Å²) in [6.07, 6.45) is 26.5. The molecule has 0 aliphatic carbocycles. The van der Waals surface area contributed by atoms with Gasteiger partial charge in [-0.05, 0) is 19.3 Å². The van der Waals surface area contributed by atoms with Crippen LogP contribution in [0.5, 0.6) is 0 Å². The molecule has 4 heteroatoms. The largest absolute Gasteiger partial charge is 0.379 e. The molecule has 2 unspecified atom stereocenters. The lowest BCUT2D eigenvalue weighted by Gasteiger charge is -2.31. The number of nitrogens with zero attached hydrogens (tertiary/aromatic N) is 1. The summed E-state index contributed by atoms with van der Waals surface area (Å²) >= 11 is 0. The molecule has 0 saturated carbocycles. The average molecular weight is 407 g/mol. The zero-order chi connectivity index (χ0) is 20.6. The van der Waals surface area contributed by atoms with Crippen molar-refractivity contribution in [3.05, 3.63) is 18.2 Å². The molecule has 0 radical (unpaired) electrons. The Labute approximate surface area is 179 Å². The van der Waals surface area contributed by atoms with E-state index >= 15 is 0 Å². The molecule has 2 rings (SSSR count). The molecule has 0 amide bonds. The van der Waals surface area contributed by atoms with Crippen LogP contribution in [0.4, 0.5) is 0 Å². The number of rotatable bonds is 18. The third kappa shape index (κ3) is 9.21. The lowest BCUT2D eigenvalue weighted by atomic mass is 9.87. The van der Waals surface area contributed by atoms with Crippen molar-refractivity contribution in [2.24, 2.45) is 0 Å². The van der Waals surface area contributed by atoms with E-state index in [4.69, 9.17) is 4.74 Å². The molecule has 1 aliphatic rings. The van der Waals surface area contributed by atoms with E-state index in [0.717, 1.165) is 32.3 Å². The van der Waals surface area contributed by atoms with Gasteiger partial charge in [-0.3, -0.25) is 0 Å². The predicted molar refractivity (Wildman–Crippen MR) is 121 cm³/mol. The quantitative estimate of drug-likeness (QED) is 0.257. The number of nitrogens with one attached hydrogen (secondary N) is 1. The molecular weight excluding hydrogens is 360 g/mol. The Kier molecular flexibility index (Phi) is 12.6. The van der Waals surface area contributed by atoms with Gasteiger partial charge in [-0.15, -0.1) is 0 Å². The summed E-state index contributed by atoms with van der Waals surface area (Å²) < 4.78 is 5.81. The van der Waals surface area contributed by atoms with Crippen molar-refractivity contribution in [2.45, 2.75) is 134 Å². The molecule has 2 heterocycles. The van der Waals surface area contributed by atoms with Crippen LogP contribution in [0.1, 0.15) is 128 Å². The molecule has 1 aromatic heterocycles. The minimum Gasteiger partial charge on any atom is -0.379 e. The number of ether oxygens (including phenoxy) is 1. The predicted octanol–water partition coefficient (Wildman–Crippen LogP) is 7.04. The fourth-order valence-corrected chi connectivity index (χ4v) is 4.65. The highest BCUT2D eigenvalue weighted by atomic mass is 16.5. The van der Waals surface area contributed by atoms with Crippen LogP contribution in [0.15, 0.2) is 12.4 Å². The Balaban J connectivity index is 1.45. The summed E-state index contributed by atoms with van der Waals surface area (Å²) in [5.41, 5.74) is -0.948. The molecule has 4 nitrogen and oxygen atoms in total. The van der Waals surface area contributed by atoms with E-state index in [9.17, 15) is 5.11 Å². The summed E-state index contributed by atoms with van der Waals surface area (Å²) in [5.74, 6) is 0.676. The lowest BCUT2D eigenvalue weighted by Crippen LogP contribution is -2.40. The normalized spacial score (nSPS) is 18.9. The van der Waals surface area contributed by atoms with Crippen molar-refractivity contribution in [1.29, 1.82) is 0 Å². The monoisotopic (exact) mass is 406 g/mol. The molecule has 168 valence electrons. The highest BCUT2D eigenvalue weighted by molar-refractivity contribution is 5.06. The first-order valence-corrected chi connectivity index (χ1v) is 12.6. The van der Waals surface area contributed by atoms with Crippen molar-refractivity contribution in [3.8, 4) is 0 Å². The van der Waals surface area contributed by atoms with Crippen LogP contribution < -0.4 is 0 Å². The van der Waals surface area contributed by atoms with Gasteiger partial charge in [0, 0.05) is 19.0 Å². The van der Waals surface area contributed by atoms with Gasteiger partial charge in [0.15, 0.2) is 0 Å². The fraction of sp³-hybridized carbons (Fsp3) is 0.880. The van der Waals surface area contributed by atoms with E-state index in [1.54, 1.807) is 12.4 Å². The molecule has 2 atom stereocenters. The van der Waals surface area contributed by atoms with E-state index in [0.29, 0.717) is 5.82 Å². The van der Waals surface area contributed by atoms with Gasteiger partial charge in [0.25, 0.3) is 0 Å². The van der Waals surface area contributed by atoms with E-state index < -0.39 is 5.60 Å². The average Bonchev–Trinajstić information content (AvgIpc) is 3.45. The second-order valence-electron chi connectivity index (χ2n) is 9.06. The zero-order valence-electron chi connectivity index (χ0n) is 19.0. The number of imidazole rings is 1. The number of aliphatic hydroxyl groups is 1. The second kappa shape index (κ2) is 15.0. The minimum atomic E-state index is -0.948. The smallest absolute Gasteiger partial charge is 0.148 e. The maximum Gasteiger partial charge on any atom is 0.148 e. The van der Waals surface area contributed by atoms with Gasteiger partial charge in [0.2, 0.25) is 0 Å². The number of hydrogen-bond donors (Lipinski definition) is 2. The highest BCUT2D eigenvalue weighted by Crippen LogP contribution is 2.35. The zero-order valence-corrected chi connectivity index (χ0v) is 19.0. The molecule has 29 heavy (non-hydrogen) atoms. The Morgan fingerprint density at radius 2 is 1.48 bits per heavy atom. The molecule has 1 aromatic rings. The topological polar surface area (TPSA) is 58.1 Å². The summed E-state index contributed by atoms with van der Waals surface area (Å²) in [7, 11) is 0. The first kappa shape index (κ1) is 24.4. The Hall–Kier alpha value is -0.870. The van der Waals surface area contributed by atoms with Crippen LogP contribution in [-0.2, 0) is 10.3 Å². The Morgan fingerprint density at radius 3 is 1.93 bits per heavy atom. The molecule has 1 fully saturated rings. The van der Waals surface area contributed by atoms with Gasteiger partial charge < -0.3 is 14.8 Å². The van der Waals surface area contributed by atoms with Crippen LogP contribution in [0.3, 0.4) is 0 Å². The maximum absolute atomic E-state index is 11.3. The third-order valence-electron chi connectivity index (χ3n) is 6.53. The second-order valence-corrected chi connectivity index (χ2v) is 9.06. The van der Waals surface area contributed by atoms with E-state index in [1.165, 1.54) is 89.9 Å². The van der Waals surface area contributed by atoms with Crippen molar-refractivity contribution >= 4 is 0 Å². The van der Waals surface area contributed by atoms with Crippen molar-refractivity contribution in [2.75, 3.05) is 6.61 Å². The van der Waals surface area contributed by atoms with Gasteiger partial charge in [0.05, 0.1) is 6.10 Å². The Bertz CT molecular complexity index is 485. The summed E-state index contributed by atoms with van der Waals surface area (Å²) in [5, 5.41) is 11.3. The van der Waals surface area contributed by atoms with E-state index in [-0.39, 0.29) is 6.10 Å². The van der Waals surface area contributed by atoms with Gasteiger partial charge in [-0.25, -0.2) is 4.98 Å². The number of aromatic amines is 1. The van der Waals surface area contributed by atoms with Crippen LogP contribution in [0, 0.1) is 0 Å². The van der Waals surface area contributed by atoms with Gasteiger partial charge in [0.1, 0.15) is 11.4 Å². The van der Waals surface area contributed by atoms with Crippen molar-refractivity contribution in [3.63, 3.8) is 0 Å². The van der Waals surface area contributed by atoms with E-state index in [2.05, 4.69) is 16.9 Å².